The molecule has 7 aromatic rings. The Kier molecular flexibility index (Phi) is 6.77. The number of para-hydroxylation sites is 2. The number of aromatic nitrogens is 2. The number of ether oxygens (including phenoxy) is 1. The first-order chi connectivity index (χ1) is 20.3. The zero-order chi connectivity index (χ0) is 27.6. The molecule has 0 unspecified atom stereocenters. The van der Waals surface area contributed by atoms with Crippen molar-refractivity contribution in [3.63, 3.8) is 0 Å². The van der Waals surface area contributed by atoms with Crippen LogP contribution in [-0.4, -0.2) is 15.9 Å². The fraction of sp³-hybridized carbons (Fsp3) is 0.0286. The molecule has 6 heteroatoms. The molecule has 0 aliphatic heterocycles. The molecule has 0 spiro atoms. The van der Waals surface area contributed by atoms with E-state index < -0.39 is 0 Å². The summed E-state index contributed by atoms with van der Waals surface area (Å²) in [4.78, 5) is 4.67. The van der Waals surface area contributed by atoms with Gasteiger partial charge in [-0.2, -0.15) is 8.75 Å². The second-order valence-corrected chi connectivity index (χ2v) is 11.2. The highest BCUT2D eigenvalue weighted by Gasteiger charge is 2.16. The summed E-state index contributed by atoms with van der Waals surface area (Å²) < 4.78 is 14.7. The van der Waals surface area contributed by atoms with Gasteiger partial charge < -0.3 is 9.64 Å². The Morgan fingerprint density at radius 1 is 0.512 bits per heavy atom. The monoisotopic (exact) mass is 567 g/mol. The van der Waals surface area contributed by atoms with E-state index >= 15 is 0 Å². The number of benzene rings is 5. The number of hydrogen-bond acceptors (Lipinski definition) is 6. The maximum absolute atomic E-state index is 5.32. The minimum Gasteiger partial charge on any atom is -0.497 e. The molecule has 198 valence electrons. The first-order valence-corrected chi connectivity index (χ1v) is 14.8. The average Bonchev–Trinajstić information content (AvgIpc) is 3.74. The number of methoxy groups -OCH3 is 1. The zero-order valence-corrected chi connectivity index (χ0v) is 23.9. The lowest BCUT2D eigenvalue weighted by molar-refractivity contribution is 0.415. The van der Waals surface area contributed by atoms with Gasteiger partial charge in [-0.1, -0.05) is 72.8 Å². The first kappa shape index (κ1) is 25.2. The molecule has 0 bridgehead atoms. The average molecular weight is 568 g/mol. The van der Waals surface area contributed by atoms with Crippen molar-refractivity contribution in [2.45, 2.75) is 0 Å². The van der Waals surface area contributed by atoms with Crippen molar-refractivity contribution in [1.29, 1.82) is 0 Å². The molecular formula is C35H25N3OS2. The second-order valence-electron chi connectivity index (χ2n) is 9.57. The summed E-state index contributed by atoms with van der Waals surface area (Å²) in [6.45, 7) is 0. The van der Waals surface area contributed by atoms with Gasteiger partial charge in [0.2, 0.25) is 0 Å². The van der Waals surface area contributed by atoms with Crippen LogP contribution in [-0.2, 0) is 0 Å². The predicted molar refractivity (Wildman–Crippen MR) is 173 cm³/mol. The van der Waals surface area contributed by atoms with Crippen LogP contribution in [0.15, 0.2) is 133 Å². The molecule has 0 atom stereocenters. The molecule has 41 heavy (non-hydrogen) atoms. The first-order valence-electron chi connectivity index (χ1n) is 13.3. The van der Waals surface area contributed by atoms with Crippen molar-refractivity contribution in [1.82, 2.24) is 8.75 Å². The van der Waals surface area contributed by atoms with Crippen LogP contribution in [0.2, 0.25) is 0 Å². The molecule has 7 rings (SSSR count). The van der Waals surface area contributed by atoms with Crippen LogP contribution in [0.5, 0.6) is 5.75 Å². The van der Waals surface area contributed by atoms with Crippen LogP contribution in [0.25, 0.3) is 43.0 Å². The second kappa shape index (κ2) is 11.0. The van der Waals surface area contributed by atoms with Crippen molar-refractivity contribution in [2.24, 2.45) is 0 Å². The van der Waals surface area contributed by atoms with Gasteiger partial charge in [-0.15, -0.1) is 11.3 Å². The molecule has 2 aromatic heterocycles. The Labute approximate surface area is 247 Å². The van der Waals surface area contributed by atoms with E-state index in [4.69, 9.17) is 9.11 Å². The van der Waals surface area contributed by atoms with Crippen LogP contribution in [0.3, 0.4) is 0 Å². The van der Waals surface area contributed by atoms with E-state index in [1.807, 2.05) is 24.3 Å². The molecule has 0 saturated carbocycles. The fourth-order valence-electron chi connectivity index (χ4n) is 5.08. The number of hydrogen-bond donors (Lipinski definition) is 0. The Morgan fingerprint density at radius 3 is 1.68 bits per heavy atom. The van der Waals surface area contributed by atoms with Gasteiger partial charge in [0.15, 0.2) is 0 Å². The van der Waals surface area contributed by atoms with Gasteiger partial charge in [-0.25, -0.2) is 0 Å². The quantitative estimate of drug-likeness (QED) is 0.192. The maximum Gasteiger partial charge on any atom is 0.118 e. The SMILES string of the molecule is COc1ccc(-c2ccc(-c3ccc(-c4ccc(N(c5ccccc5)c5ccccc5)cc4)s3)c3nsnc23)cc1. The van der Waals surface area contributed by atoms with Crippen LogP contribution >= 0.6 is 23.1 Å². The Balaban J connectivity index is 1.20. The lowest BCUT2D eigenvalue weighted by Gasteiger charge is -2.25. The number of thiophene rings is 1. The number of nitrogens with zero attached hydrogens (tertiary/aromatic N) is 3. The van der Waals surface area contributed by atoms with Crippen LogP contribution < -0.4 is 9.64 Å². The standard InChI is InChI=1S/C35H25N3OS2/c1-39-29-18-14-24(15-19-29)30-20-21-31(35-34(30)36-41-37-35)33-23-22-32(40-33)25-12-16-28(17-13-25)38(26-8-4-2-5-9-26)27-10-6-3-7-11-27/h2-23H,1H3. The minimum absolute atomic E-state index is 0.838. The molecule has 0 saturated heterocycles. The van der Waals surface area contributed by atoms with Crippen molar-refractivity contribution in [2.75, 3.05) is 12.0 Å². The third-order valence-corrected chi connectivity index (χ3v) is 8.82. The number of fused-ring (bicyclic) bond motifs is 1. The molecule has 0 amide bonds. The fourth-order valence-corrected chi connectivity index (χ4v) is 6.69. The smallest absolute Gasteiger partial charge is 0.118 e. The Bertz CT molecular complexity index is 1870. The van der Waals surface area contributed by atoms with Crippen LogP contribution in [0.1, 0.15) is 0 Å². The third-order valence-electron chi connectivity index (χ3n) is 7.13. The topological polar surface area (TPSA) is 38.2 Å². The largest absolute Gasteiger partial charge is 0.497 e. The van der Waals surface area contributed by atoms with E-state index in [-0.39, 0.29) is 0 Å². The molecule has 2 heterocycles. The molecule has 5 aromatic carbocycles. The van der Waals surface area contributed by atoms with Crippen LogP contribution in [0, 0.1) is 0 Å². The summed E-state index contributed by atoms with van der Waals surface area (Å²) in [5.74, 6) is 0.838. The molecule has 0 aliphatic rings. The van der Waals surface area contributed by atoms with Gasteiger partial charge in [0.05, 0.1) is 18.8 Å². The zero-order valence-electron chi connectivity index (χ0n) is 22.3. The third kappa shape index (κ3) is 4.88. The maximum atomic E-state index is 5.32. The Morgan fingerprint density at radius 2 is 1.05 bits per heavy atom. The van der Waals surface area contributed by atoms with Gasteiger partial charge in [0.1, 0.15) is 16.8 Å². The highest BCUT2D eigenvalue weighted by atomic mass is 32.1. The van der Waals surface area contributed by atoms with E-state index in [0.29, 0.717) is 0 Å². The van der Waals surface area contributed by atoms with Crippen molar-refractivity contribution in [3.05, 3.63) is 133 Å². The van der Waals surface area contributed by atoms with E-state index in [1.165, 1.54) is 27.0 Å². The van der Waals surface area contributed by atoms with Crippen molar-refractivity contribution < 1.29 is 4.74 Å². The number of anilines is 3. The normalized spacial score (nSPS) is 11.0. The minimum atomic E-state index is 0.838. The molecular weight excluding hydrogens is 543 g/mol. The highest BCUT2D eigenvalue weighted by Crippen LogP contribution is 2.41. The lowest BCUT2D eigenvalue weighted by Crippen LogP contribution is -2.09. The number of rotatable bonds is 7. The van der Waals surface area contributed by atoms with Gasteiger partial charge in [-0.3, -0.25) is 0 Å². The molecule has 0 N–H and O–H groups in total. The van der Waals surface area contributed by atoms with E-state index in [2.05, 4.69) is 118 Å². The Hall–Kier alpha value is -4.78. The van der Waals surface area contributed by atoms with Gasteiger partial charge in [-0.05, 0) is 71.8 Å². The highest BCUT2D eigenvalue weighted by molar-refractivity contribution is 7.19. The lowest BCUT2D eigenvalue weighted by atomic mass is 10.0. The van der Waals surface area contributed by atoms with Crippen molar-refractivity contribution in [3.8, 4) is 37.8 Å². The summed E-state index contributed by atoms with van der Waals surface area (Å²) in [6.07, 6.45) is 0. The summed E-state index contributed by atoms with van der Waals surface area (Å²) >= 11 is 3.03. The van der Waals surface area contributed by atoms with E-state index in [9.17, 15) is 0 Å². The van der Waals surface area contributed by atoms with E-state index in [0.717, 1.165) is 50.5 Å². The van der Waals surface area contributed by atoms with Crippen molar-refractivity contribution >= 4 is 51.2 Å². The van der Waals surface area contributed by atoms with E-state index in [1.54, 1.807) is 18.4 Å². The summed E-state index contributed by atoms with van der Waals surface area (Å²) in [5.41, 5.74) is 9.72. The molecule has 4 nitrogen and oxygen atoms in total. The summed E-state index contributed by atoms with van der Waals surface area (Å²) in [6, 6.07) is 46.5. The predicted octanol–water partition coefficient (Wildman–Crippen LogP) is 10.2. The summed E-state index contributed by atoms with van der Waals surface area (Å²) in [5, 5.41) is 0. The molecule has 0 radical (unpaired) electrons. The molecule has 0 aliphatic carbocycles. The van der Waals surface area contributed by atoms with Gasteiger partial charge >= 0.3 is 0 Å². The van der Waals surface area contributed by atoms with Gasteiger partial charge in [0, 0.05) is 37.9 Å². The summed E-state index contributed by atoms with van der Waals surface area (Å²) in [7, 11) is 1.68. The van der Waals surface area contributed by atoms with Gasteiger partial charge in [0.25, 0.3) is 0 Å². The van der Waals surface area contributed by atoms with Crippen LogP contribution in [0.4, 0.5) is 17.1 Å². The molecule has 0 fully saturated rings.